The van der Waals surface area contributed by atoms with Gasteiger partial charge in [0.1, 0.15) is 24.1 Å². The molecule has 0 aliphatic carbocycles. The number of rotatable bonds is 10. The van der Waals surface area contributed by atoms with Gasteiger partial charge in [0.2, 0.25) is 0 Å². The van der Waals surface area contributed by atoms with Crippen molar-refractivity contribution in [2.45, 2.75) is 33.4 Å². The summed E-state index contributed by atoms with van der Waals surface area (Å²) >= 11 is 1.28. The van der Waals surface area contributed by atoms with E-state index in [0.717, 1.165) is 27.5 Å². The zero-order valence-corrected chi connectivity index (χ0v) is 27.9. The lowest BCUT2D eigenvalue weighted by Gasteiger charge is -2.30. The molecule has 1 aliphatic rings. The standard InChI is InChI=1S/C38H35N3O6S/c1-5-40(6-2)36(43)32-23(3)39-38-41(34(32)33-29-13-8-7-11-26(29)16-19-30(33)46-4)35(42)31(48-38)21-24-14-17-28(18-15-24)47-22-25-10-9-12-27(20-25)37(44)45/h7-21,34H,5-6,22H2,1-4H3,(H,44,45)/b31-21+/t34-/m0/s1. The number of amides is 1. The third-order valence-corrected chi connectivity index (χ3v) is 9.47. The van der Waals surface area contributed by atoms with Crippen molar-refractivity contribution < 1.29 is 24.2 Å². The van der Waals surface area contributed by atoms with Gasteiger partial charge in [0.05, 0.1) is 28.5 Å². The Balaban J connectivity index is 1.42. The number of nitrogens with zero attached hydrogens (tertiary/aromatic N) is 3. The number of carboxylic acids is 1. The van der Waals surface area contributed by atoms with Crippen molar-refractivity contribution >= 4 is 40.1 Å². The van der Waals surface area contributed by atoms with E-state index in [9.17, 15) is 19.5 Å². The van der Waals surface area contributed by atoms with Crippen LogP contribution in [0.1, 0.15) is 53.9 Å². The third kappa shape index (κ3) is 6.14. The van der Waals surface area contributed by atoms with Gasteiger partial charge >= 0.3 is 5.97 Å². The van der Waals surface area contributed by atoms with Gasteiger partial charge in [0, 0.05) is 18.7 Å². The number of hydrogen-bond acceptors (Lipinski definition) is 7. The molecule has 1 N–H and O–H groups in total. The van der Waals surface area contributed by atoms with Gasteiger partial charge < -0.3 is 19.5 Å². The van der Waals surface area contributed by atoms with E-state index < -0.39 is 12.0 Å². The van der Waals surface area contributed by atoms with Crippen LogP contribution >= 0.6 is 11.3 Å². The number of carboxylic acid groups (broad SMARTS) is 1. The molecule has 48 heavy (non-hydrogen) atoms. The number of fused-ring (bicyclic) bond motifs is 2. The van der Waals surface area contributed by atoms with E-state index in [2.05, 4.69) is 0 Å². The fourth-order valence-electron chi connectivity index (χ4n) is 6.06. The summed E-state index contributed by atoms with van der Waals surface area (Å²) in [7, 11) is 1.60. The summed E-state index contributed by atoms with van der Waals surface area (Å²) in [6.45, 7) is 6.95. The molecular weight excluding hydrogens is 627 g/mol. The maximum absolute atomic E-state index is 14.4. The molecule has 0 bridgehead atoms. The number of aromatic carboxylic acids is 1. The van der Waals surface area contributed by atoms with Crippen LogP contribution < -0.4 is 24.4 Å². The number of thiazole rings is 1. The molecule has 244 valence electrons. The van der Waals surface area contributed by atoms with E-state index in [1.54, 1.807) is 40.8 Å². The minimum atomic E-state index is -0.990. The van der Waals surface area contributed by atoms with Crippen LogP contribution in [0.15, 0.2) is 106 Å². The summed E-state index contributed by atoms with van der Waals surface area (Å²) in [5, 5.41) is 11.1. The normalized spacial score (nSPS) is 14.4. The van der Waals surface area contributed by atoms with Gasteiger partial charge in [-0.3, -0.25) is 14.2 Å². The highest BCUT2D eigenvalue weighted by atomic mass is 32.1. The summed E-state index contributed by atoms with van der Waals surface area (Å²) in [6, 6.07) is 24.9. The first kappa shape index (κ1) is 32.5. The van der Waals surface area contributed by atoms with E-state index in [4.69, 9.17) is 14.5 Å². The first-order valence-electron chi connectivity index (χ1n) is 15.7. The molecule has 0 saturated carbocycles. The lowest BCUT2D eigenvalue weighted by Crippen LogP contribution is -2.43. The number of benzene rings is 4. The Morgan fingerprint density at radius 1 is 1.00 bits per heavy atom. The van der Waals surface area contributed by atoms with Gasteiger partial charge in [-0.25, -0.2) is 9.79 Å². The predicted molar refractivity (Wildman–Crippen MR) is 186 cm³/mol. The Hall–Kier alpha value is -5.48. The van der Waals surface area contributed by atoms with Gasteiger partial charge in [-0.15, -0.1) is 0 Å². The lowest BCUT2D eigenvalue weighted by atomic mass is 9.90. The second-order valence-corrected chi connectivity index (χ2v) is 12.3. The monoisotopic (exact) mass is 661 g/mol. The van der Waals surface area contributed by atoms with Crippen LogP contribution in [0.25, 0.3) is 16.8 Å². The van der Waals surface area contributed by atoms with Gasteiger partial charge in [0.25, 0.3) is 11.5 Å². The van der Waals surface area contributed by atoms with E-state index in [1.807, 2.05) is 81.4 Å². The maximum Gasteiger partial charge on any atom is 0.335 e. The molecule has 1 aromatic heterocycles. The molecule has 0 spiro atoms. The molecule has 9 nitrogen and oxygen atoms in total. The second-order valence-electron chi connectivity index (χ2n) is 11.3. The molecule has 5 aromatic rings. The smallest absolute Gasteiger partial charge is 0.335 e. The predicted octanol–water partition coefficient (Wildman–Crippen LogP) is 5.54. The van der Waals surface area contributed by atoms with Crippen LogP contribution in [0, 0.1) is 0 Å². The Morgan fingerprint density at radius 2 is 1.75 bits per heavy atom. The van der Waals surface area contributed by atoms with Crippen molar-refractivity contribution in [1.82, 2.24) is 9.47 Å². The first-order chi connectivity index (χ1) is 23.2. The van der Waals surface area contributed by atoms with Crippen molar-refractivity contribution in [3.63, 3.8) is 0 Å². The molecule has 1 amide bonds. The van der Waals surface area contributed by atoms with Gasteiger partial charge in [-0.1, -0.05) is 65.9 Å². The molecular formula is C38H35N3O6S. The lowest BCUT2D eigenvalue weighted by molar-refractivity contribution is -0.127. The van der Waals surface area contributed by atoms with Crippen molar-refractivity contribution in [2.75, 3.05) is 20.2 Å². The minimum Gasteiger partial charge on any atom is -0.496 e. The zero-order chi connectivity index (χ0) is 33.9. The summed E-state index contributed by atoms with van der Waals surface area (Å²) < 4.78 is 13.9. The summed E-state index contributed by atoms with van der Waals surface area (Å²) in [4.78, 5) is 46.8. The summed E-state index contributed by atoms with van der Waals surface area (Å²) in [5.41, 5.74) is 3.23. The van der Waals surface area contributed by atoms with Gasteiger partial charge in [-0.2, -0.15) is 0 Å². The molecule has 1 aliphatic heterocycles. The van der Waals surface area contributed by atoms with Crippen LogP contribution in [-0.2, 0) is 11.4 Å². The Labute approximate surface area is 281 Å². The molecule has 1 atom stereocenters. The van der Waals surface area contributed by atoms with Crippen LogP contribution in [-0.4, -0.2) is 46.6 Å². The second kappa shape index (κ2) is 13.7. The van der Waals surface area contributed by atoms with Crippen LogP contribution in [0.2, 0.25) is 0 Å². The average molecular weight is 662 g/mol. The highest BCUT2D eigenvalue weighted by Crippen LogP contribution is 2.40. The SMILES string of the molecule is CCN(CC)C(=O)C1=C(C)N=c2s/c(=C/c3ccc(OCc4cccc(C(=O)O)c4)cc3)c(=O)n2[C@@H]1c1c(OC)ccc2ccccc12. The molecule has 0 fully saturated rings. The van der Waals surface area contributed by atoms with Crippen molar-refractivity contribution in [3.05, 3.63) is 138 Å². The van der Waals surface area contributed by atoms with E-state index in [-0.39, 0.29) is 23.6 Å². The minimum absolute atomic E-state index is 0.166. The zero-order valence-electron chi connectivity index (χ0n) is 27.1. The average Bonchev–Trinajstić information content (AvgIpc) is 3.40. The molecule has 0 saturated heterocycles. The van der Waals surface area contributed by atoms with E-state index in [1.165, 1.54) is 17.4 Å². The number of carbonyl (C=O) groups excluding carboxylic acids is 1. The number of methoxy groups -OCH3 is 1. The third-order valence-electron chi connectivity index (χ3n) is 8.48. The quantitative estimate of drug-likeness (QED) is 0.211. The maximum atomic E-state index is 14.4. The number of hydrogen-bond donors (Lipinski definition) is 1. The van der Waals surface area contributed by atoms with Crippen LogP contribution in [0.4, 0.5) is 0 Å². The van der Waals surface area contributed by atoms with Crippen molar-refractivity contribution in [2.24, 2.45) is 4.99 Å². The molecule has 0 unspecified atom stereocenters. The fraction of sp³-hybridized carbons (Fsp3) is 0.211. The topological polar surface area (TPSA) is 110 Å². The van der Waals surface area contributed by atoms with Gasteiger partial charge in [0.15, 0.2) is 4.80 Å². The van der Waals surface area contributed by atoms with Gasteiger partial charge in [-0.05, 0) is 79.1 Å². The largest absolute Gasteiger partial charge is 0.496 e. The molecule has 10 heteroatoms. The van der Waals surface area contributed by atoms with E-state index in [0.29, 0.717) is 45.2 Å². The Morgan fingerprint density at radius 3 is 2.46 bits per heavy atom. The highest BCUT2D eigenvalue weighted by molar-refractivity contribution is 7.07. The number of allylic oxidation sites excluding steroid dienone is 1. The molecule has 0 radical (unpaired) electrons. The van der Waals surface area contributed by atoms with Crippen LogP contribution in [0.3, 0.4) is 0 Å². The Bertz CT molecular complexity index is 2250. The van der Waals surface area contributed by atoms with E-state index >= 15 is 0 Å². The Kier molecular flexibility index (Phi) is 9.27. The number of aromatic nitrogens is 1. The molecule has 2 heterocycles. The van der Waals surface area contributed by atoms with Crippen molar-refractivity contribution in [1.29, 1.82) is 0 Å². The molecule has 6 rings (SSSR count). The number of ether oxygens (including phenoxy) is 2. The first-order valence-corrected chi connectivity index (χ1v) is 16.5. The van der Waals surface area contributed by atoms with Crippen LogP contribution in [0.5, 0.6) is 11.5 Å². The number of carbonyl (C=O) groups is 2. The fourth-order valence-corrected chi connectivity index (χ4v) is 7.10. The van der Waals surface area contributed by atoms with Crippen molar-refractivity contribution in [3.8, 4) is 11.5 Å². The summed E-state index contributed by atoms with van der Waals surface area (Å²) in [5.74, 6) is 0.0300. The summed E-state index contributed by atoms with van der Waals surface area (Å²) in [6.07, 6.45) is 1.81. The highest BCUT2D eigenvalue weighted by Gasteiger charge is 2.36. The number of likely N-dealkylation sites (N-methyl/N-ethyl adjacent to an activating group) is 1. The molecule has 4 aromatic carbocycles.